The second-order valence-corrected chi connectivity index (χ2v) is 5.84. The Morgan fingerprint density at radius 2 is 1.30 bits per heavy atom. The molecule has 136 valence electrons. The maximum atomic E-state index is 12.7. The van der Waals surface area contributed by atoms with Crippen LogP contribution in [0, 0.1) is 0 Å². The number of nitrogens with zero attached hydrogens (tertiary/aromatic N) is 1. The lowest BCUT2D eigenvalue weighted by atomic mass is 10.1. The lowest BCUT2D eigenvalue weighted by Crippen LogP contribution is -2.26. The minimum Gasteiger partial charge on any atom is -0.465 e. The van der Waals surface area contributed by atoms with Crippen molar-refractivity contribution in [1.82, 2.24) is 0 Å². The first-order valence-electron chi connectivity index (χ1n) is 8.38. The number of amides is 1. The van der Waals surface area contributed by atoms with E-state index in [-0.39, 0.29) is 5.91 Å². The molecule has 5 nitrogen and oxygen atoms in total. The molecule has 0 bridgehead atoms. The molecule has 0 aliphatic heterocycles. The number of carbonyl (C=O) groups excluding carboxylic acids is 2. The third-order valence-corrected chi connectivity index (χ3v) is 4.06. The molecule has 0 N–H and O–H groups in total. The van der Waals surface area contributed by atoms with Crippen molar-refractivity contribution in [2.45, 2.75) is 0 Å². The Hall–Kier alpha value is -3.60. The first kappa shape index (κ1) is 18.2. The zero-order valence-corrected chi connectivity index (χ0v) is 15.1. The van der Waals surface area contributed by atoms with Crippen LogP contribution in [0.4, 0.5) is 5.69 Å². The molecule has 0 fully saturated rings. The van der Waals surface area contributed by atoms with Gasteiger partial charge in [-0.3, -0.25) is 4.79 Å². The topological polar surface area (TPSA) is 55.8 Å². The van der Waals surface area contributed by atoms with Crippen LogP contribution in [0.3, 0.4) is 0 Å². The second-order valence-electron chi connectivity index (χ2n) is 5.84. The van der Waals surface area contributed by atoms with E-state index in [1.54, 1.807) is 36.2 Å². The molecule has 0 saturated carbocycles. The van der Waals surface area contributed by atoms with Gasteiger partial charge in [0, 0.05) is 18.3 Å². The third-order valence-electron chi connectivity index (χ3n) is 4.06. The summed E-state index contributed by atoms with van der Waals surface area (Å²) in [7, 11) is 3.02. The number of para-hydroxylation sites is 1. The molecule has 0 radical (unpaired) electrons. The molecule has 0 aliphatic carbocycles. The van der Waals surface area contributed by atoms with Crippen molar-refractivity contribution in [2.75, 3.05) is 19.1 Å². The van der Waals surface area contributed by atoms with Crippen molar-refractivity contribution >= 4 is 17.6 Å². The van der Waals surface area contributed by atoms with E-state index in [9.17, 15) is 9.59 Å². The Labute approximate surface area is 157 Å². The highest BCUT2D eigenvalue weighted by Gasteiger charge is 2.14. The van der Waals surface area contributed by atoms with Gasteiger partial charge < -0.3 is 14.4 Å². The number of carbonyl (C=O) groups is 2. The van der Waals surface area contributed by atoms with Crippen LogP contribution in [0.5, 0.6) is 11.5 Å². The number of benzene rings is 3. The molecule has 3 rings (SSSR count). The molecule has 0 atom stereocenters. The number of methoxy groups -OCH3 is 1. The van der Waals surface area contributed by atoms with Gasteiger partial charge in [0.2, 0.25) is 0 Å². The molecule has 0 unspecified atom stereocenters. The fourth-order valence-corrected chi connectivity index (χ4v) is 2.54. The predicted molar refractivity (Wildman–Crippen MR) is 103 cm³/mol. The summed E-state index contributed by atoms with van der Waals surface area (Å²) in [6, 6.07) is 23.1. The summed E-state index contributed by atoms with van der Waals surface area (Å²) in [5, 5.41) is 0. The molecule has 3 aromatic rings. The Balaban J connectivity index is 1.70. The molecule has 5 heteroatoms. The first-order chi connectivity index (χ1) is 13.1. The smallest absolute Gasteiger partial charge is 0.337 e. The minimum atomic E-state index is -0.434. The van der Waals surface area contributed by atoms with Crippen LogP contribution in [0.2, 0.25) is 0 Å². The van der Waals surface area contributed by atoms with E-state index in [4.69, 9.17) is 4.74 Å². The van der Waals surface area contributed by atoms with Gasteiger partial charge in [-0.15, -0.1) is 0 Å². The average molecular weight is 361 g/mol. The van der Waals surface area contributed by atoms with Crippen LogP contribution >= 0.6 is 0 Å². The Kier molecular flexibility index (Phi) is 5.52. The van der Waals surface area contributed by atoms with Gasteiger partial charge in [-0.2, -0.15) is 0 Å². The lowest BCUT2D eigenvalue weighted by molar-refractivity contribution is 0.0600. The summed E-state index contributed by atoms with van der Waals surface area (Å²) in [5.41, 5.74) is 1.62. The number of rotatable bonds is 5. The summed E-state index contributed by atoms with van der Waals surface area (Å²) < 4.78 is 10.4. The predicted octanol–water partition coefficient (Wildman–Crippen LogP) is 4.54. The van der Waals surface area contributed by atoms with Crippen molar-refractivity contribution in [1.29, 1.82) is 0 Å². The Bertz CT molecular complexity index is 919. The summed E-state index contributed by atoms with van der Waals surface area (Å²) in [6.45, 7) is 0. The highest BCUT2D eigenvalue weighted by Crippen LogP contribution is 2.24. The second kappa shape index (κ2) is 8.19. The van der Waals surface area contributed by atoms with E-state index < -0.39 is 5.97 Å². The monoisotopic (exact) mass is 361 g/mol. The van der Waals surface area contributed by atoms with Crippen LogP contribution in [-0.2, 0) is 4.74 Å². The highest BCUT2D eigenvalue weighted by atomic mass is 16.5. The number of hydrogen-bond donors (Lipinski definition) is 0. The normalized spacial score (nSPS) is 10.1. The first-order valence-corrected chi connectivity index (χ1v) is 8.38. The van der Waals surface area contributed by atoms with Gasteiger partial charge in [0.05, 0.1) is 12.7 Å². The largest absolute Gasteiger partial charge is 0.465 e. The average Bonchev–Trinajstić information content (AvgIpc) is 2.73. The lowest BCUT2D eigenvalue weighted by Gasteiger charge is -2.18. The molecular weight excluding hydrogens is 342 g/mol. The van der Waals surface area contributed by atoms with Crippen molar-refractivity contribution in [2.24, 2.45) is 0 Å². The molecule has 0 heterocycles. The number of esters is 1. The number of ether oxygens (including phenoxy) is 2. The summed E-state index contributed by atoms with van der Waals surface area (Å²) in [6.07, 6.45) is 0. The van der Waals surface area contributed by atoms with Crippen LogP contribution in [0.25, 0.3) is 0 Å². The van der Waals surface area contributed by atoms with Crippen molar-refractivity contribution < 1.29 is 19.1 Å². The zero-order chi connectivity index (χ0) is 19.2. The van der Waals surface area contributed by atoms with Gasteiger partial charge in [0.1, 0.15) is 11.5 Å². The number of hydrogen-bond acceptors (Lipinski definition) is 4. The van der Waals surface area contributed by atoms with E-state index in [1.165, 1.54) is 7.11 Å². The van der Waals surface area contributed by atoms with Crippen LogP contribution < -0.4 is 9.64 Å². The molecule has 0 saturated heterocycles. The van der Waals surface area contributed by atoms with Gasteiger partial charge in [-0.05, 0) is 60.7 Å². The maximum absolute atomic E-state index is 12.7. The van der Waals surface area contributed by atoms with Crippen LogP contribution in [-0.4, -0.2) is 26.0 Å². The quantitative estimate of drug-likeness (QED) is 0.626. The highest BCUT2D eigenvalue weighted by molar-refractivity contribution is 6.06. The van der Waals surface area contributed by atoms with Gasteiger partial charge in [-0.1, -0.05) is 18.2 Å². The molecule has 0 aromatic heterocycles. The summed E-state index contributed by atoms with van der Waals surface area (Å²) in [5.74, 6) is 0.827. The van der Waals surface area contributed by atoms with Gasteiger partial charge in [0.15, 0.2) is 0 Å². The van der Waals surface area contributed by atoms with Crippen molar-refractivity contribution in [3.05, 3.63) is 90.0 Å². The minimum absolute atomic E-state index is 0.178. The van der Waals surface area contributed by atoms with E-state index in [1.807, 2.05) is 54.6 Å². The van der Waals surface area contributed by atoms with Crippen LogP contribution in [0.1, 0.15) is 20.7 Å². The zero-order valence-electron chi connectivity index (χ0n) is 15.1. The fourth-order valence-electron chi connectivity index (χ4n) is 2.54. The molecule has 3 aromatic carbocycles. The van der Waals surface area contributed by atoms with E-state index in [0.717, 1.165) is 11.4 Å². The van der Waals surface area contributed by atoms with Crippen LogP contribution in [0.15, 0.2) is 78.9 Å². The molecular formula is C22H19NO4. The summed E-state index contributed by atoms with van der Waals surface area (Å²) >= 11 is 0. The van der Waals surface area contributed by atoms with Gasteiger partial charge >= 0.3 is 5.97 Å². The molecule has 1 amide bonds. The van der Waals surface area contributed by atoms with E-state index >= 15 is 0 Å². The molecule has 0 spiro atoms. The third kappa shape index (κ3) is 4.33. The van der Waals surface area contributed by atoms with Crippen molar-refractivity contribution in [3.63, 3.8) is 0 Å². The maximum Gasteiger partial charge on any atom is 0.337 e. The molecule has 27 heavy (non-hydrogen) atoms. The van der Waals surface area contributed by atoms with E-state index in [0.29, 0.717) is 16.9 Å². The Morgan fingerprint density at radius 1 is 0.741 bits per heavy atom. The van der Waals surface area contributed by atoms with Gasteiger partial charge in [0.25, 0.3) is 5.91 Å². The summed E-state index contributed by atoms with van der Waals surface area (Å²) in [4.78, 5) is 25.7. The fraction of sp³-hybridized carbons (Fsp3) is 0.0909. The van der Waals surface area contributed by atoms with E-state index in [2.05, 4.69) is 4.74 Å². The SMILES string of the molecule is COC(=O)c1ccc(C(=O)N(C)c2ccc(Oc3ccccc3)cc2)cc1. The standard InChI is InChI=1S/C22H19NO4/c1-23(21(24)16-8-10-17(11-9-16)22(25)26-2)18-12-14-20(15-13-18)27-19-6-4-3-5-7-19/h3-15H,1-2H3. The molecule has 0 aliphatic rings. The Morgan fingerprint density at radius 3 is 1.89 bits per heavy atom. The van der Waals surface area contributed by atoms with Crippen molar-refractivity contribution in [3.8, 4) is 11.5 Å². The van der Waals surface area contributed by atoms with Gasteiger partial charge in [-0.25, -0.2) is 4.79 Å². The number of anilines is 1.